The lowest BCUT2D eigenvalue weighted by Gasteiger charge is -2.27. The van der Waals surface area contributed by atoms with Crippen molar-refractivity contribution in [2.45, 2.75) is 31.7 Å². The Labute approximate surface area is 119 Å². The van der Waals surface area contributed by atoms with Gasteiger partial charge >= 0.3 is 0 Å². The third-order valence-corrected chi connectivity index (χ3v) is 4.25. The molecule has 0 saturated heterocycles. The maximum absolute atomic E-state index is 12.1. The zero-order valence-corrected chi connectivity index (χ0v) is 11.4. The first-order valence-electron chi connectivity index (χ1n) is 7.28. The van der Waals surface area contributed by atoms with Gasteiger partial charge in [0, 0.05) is 24.7 Å². The minimum Gasteiger partial charge on any atom is -0.346 e. The van der Waals surface area contributed by atoms with E-state index in [1.54, 1.807) is 0 Å². The zero-order chi connectivity index (χ0) is 13.9. The highest BCUT2D eigenvalue weighted by atomic mass is 16.2. The number of nitrogens with one attached hydrogen (secondary N) is 1. The van der Waals surface area contributed by atoms with E-state index in [1.807, 2.05) is 24.3 Å². The molecule has 3 aliphatic carbocycles. The lowest BCUT2D eigenvalue weighted by molar-refractivity contribution is -0.126. The first kappa shape index (κ1) is 13.1. The number of fused-ring (bicyclic) bond motifs is 1. The number of rotatable bonds is 3. The van der Waals surface area contributed by atoms with Gasteiger partial charge in [-0.05, 0) is 12.8 Å². The molecule has 104 valence electrons. The molecule has 3 atom stereocenters. The average molecular weight is 269 g/mol. The highest BCUT2D eigenvalue weighted by molar-refractivity contribution is 5.91. The largest absolute Gasteiger partial charge is 0.346 e. The molecule has 0 aromatic rings. The summed E-state index contributed by atoms with van der Waals surface area (Å²) in [7, 11) is 0. The second-order valence-electron chi connectivity index (χ2n) is 5.65. The molecule has 0 heterocycles. The molecule has 1 fully saturated rings. The number of amides is 1. The molecule has 3 rings (SSSR count). The third-order valence-electron chi connectivity index (χ3n) is 4.25. The third kappa shape index (κ3) is 2.67. The maximum atomic E-state index is 12.1. The summed E-state index contributed by atoms with van der Waals surface area (Å²) in [6.45, 7) is 0. The molecular formula is C17H19NO2. The van der Waals surface area contributed by atoms with E-state index in [9.17, 15) is 9.59 Å². The average Bonchev–Trinajstić information content (AvgIpc) is 2.85. The summed E-state index contributed by atoms with van der Waals surface area (Å²) in [6, 6.07) is -0.250. The van der Waals surface area contributed by atoms with Crippen LogP contribution in [-0.4, -0.2) is 17.7 Å². The predicted molar refractivity (Wildman–Crippen MR) is 77.9 cm³/mol. The van der Waals surface area contributed by atoms with Gasteiger partial charge in [0.25, 0.3) is 0 Å². The second-order valence-corrected chi connectivity index (χ2v) is 5.65. The van der Waals surface area contributed by atoms with Crippen molar-refractivity contribution in [2.75, 3.05) is 0 Å². The van der Waals surface area contributed by atoms with Crippen molar-refractivity contribution in [3.63, 3.8) is 0 Å². The van der Waals surface area contributed by atoms with Crippen molar-refractivity contribution in [1.29, 1.82) is 0 Å². The maximum Gasteiger partial charge on any atom is 0.224 e. The molecule has 20 heavy (non-hydrogen) atoms. The Kier molecular flexibility index (Phi) is 3.68. The molecule has 0 aliphatic heterocycles. The number of ketones is 1. The van der Waals surface area contributed by atoms with E-state index in [1.165, 1.54) is 0 Å². The standard InChI is InChI=1S/C17H19NO2/c19-16-10-4-9-15(16)18-17(20)11-13-7-3-6-12-5-1-2-8-14(12)13/h1-3,5-8,12,14-15H,4,9-11H2,(H,18,20). The first-order chi connectivity index (χ1) is 9.74. The Balaban J connectivity index is 1.62. The summed E-state index contributed by atoms with van der Waals surface area (Å²) in [5, 5.41) is 2.88. The topological polar surface area (TPSA) is 46.2 Å². The summed E-state index contributed by atoms with van der Waals surface area (Å²) in [5.74, 6) is 0.790. The first-order valence-corrected chi connectivity index (χ1v) is 7.28. The molecule has 0 aromatic heterocycles. The van der Waals surface area contributed by atoms with Gasteiger partial charge in [0.2, 0.25) is 5.91 Å². The van der Waals surface area contributed by atoms with Crippen LogP contribution in [0, 0.1) is 11.8 Å². The van der Waals surface area contributed by atoms with E-state index in [-0.39, 0.29) is 23.7 Å². The molecule has 0 radical (unpaired) electrons. The van der Waals surface area contributed by atoms with Crippen LogP contribution in [0.2, 0.25) is 0 Å². The minimum atomic E-state index is -0.250. The number of allylic oxidation sites excluding steroid dienone is 7. The Morgan fingerprint density at radius 3 is 2.80 bits per heavy atom. The van der Waals surface area contributed by atoms with Crippen molar-refractivity contribution in [3.05, 3.63) is 48.1 Å². The normalized spacial score (nSPS) is 31.1. The van der Waals surface area contributed by atoms with Gasteiger partial charge in [-0.1, -0.05) is 48.1 Å². The second kappa shape index (κ2) is 5.61. The highest BCUT2D eigenvalue weighted by Gasteiger charge is 2.28. The number of hydrogen-bond acceptors (Lipinski definition) is 2. The van der Waals surface area contributed by atoms with E-state index >= 15 is 0 Å². The van der Waals surface area contributed by atoms with E-state index in [0.29, 0.717) is 18.8 Å². The highest BCUT2D eigenvalue weighted by Crippen LogP contribution is 2.32. The van der Waals surface area contributed by atoms with E-state index in [2.05, 4.69) is 23.5 Å². The van der Waals surface area contributed by atoms with Gasteiger partial charge in [-0.3, -0.25) is 9.59 Å². The molecule has 0 bridgehead atoms. The summed E-state index contributed by atoms with van der Waals surface area (Å²) < 4.78 is 0. The van der Waals surface area contributed by atoms with Crippen LogP contribution in [0.3, 0.4) is 0 Å². The molecule has 3 heteroatoms. The van der Waals surface area contributed by atoms with Crippen LogP contribution >= 0.6 is 0 Å². The van der Waals surface area contributed by atoms with E-state index in [4.69, 9.17) is 0 Å². The zero-order valence-electron chi connectivity index (χ0n) is 11.4. The van der Waals surface area contributed by atoms with Crippen molar-refractivity contribution in [3.8, 4) is 0 Å². The van der Waals surface area contributed by atoms with Crippen LogP contribution in [0.1, 0.15) is 25.7 Å². The monoisotopic (exact) mass is 269 g/mol. The fourth-order valence-electron chi connectivity index (χ4n) is 3.17. The summed E-state index contributed by atoms with van der Waals surface area (Å²) >= 11 is 0. The molecule has 1 N–H and O–H groups in total. The van der Waals surface area contributed by atoms with Gasteiger partial charge in [0.1, 0.15) is 0 Å². The van der Waals surface area contributed by atoms with Crippen LogP contribution < -0.4 is 5.32 Å². The predicted octanol–water partition coefficient (Wildman–Crippen LogP) is 2.47. The lowest BCUT2D eigenvalue weighted by Crippen LogP contribution is -2.38. The van der Waals surface area contributed by atoms with Gasteiger partial charge in [-0.25, -0.2) is 0 Å². The number of Topliss-reactive ketones (excluding diaryl/α,β-unsaturated/α-hetero) is 1. The molecular weight excluding hydrogens is 250 g/mol. The minimum absolute atomic E-state index is 0.0338. The number of carbonyl (C=O) groups excluding carboxylic acids is 2. The van der Waals surface area contributed by atoms with Crippen molar-refractivity contribution < 1.29 is 9.59 Å². The number of hydrogen-bond donors (Lipinski definition) is 1. The van der Waals surface area contributed by atoms with E-state index < -0.39 is 0 Å². The van der Waals surface area contributed by atoms with Crippen molar-refractivity contribution in [2.24, 2.45) is 11.8 Å². The quantitative estimate of drug-likeness (QED) is 0.855. The van der Waals surface area contributed by atoms with E-state index in [0.717, 1.165) is 18.4 Å². The number of carbonyl (C=O) groups is 2. The fraction of sp³-hybridized carbons (Fsp3) is 0.412. The van der Waals surface area contributed by atoms with Gasteiger partial charge < -0.3 is 5.32 Å². The summed E-state index contributed by atoms with van der Waals surface area (Å²) in [5.41, 5.74) is 1.13. The molecule has 1 amide bonds. The SMILES string of the molecule is O=C(CC1=CC=CC2C=CC=CC12)NC1CCCC1=O. The Bertz CT molecular complexity index is 539. The van der Waals surface area contributed by atoms with Crippen LogP contribution in [0.25, 0.3) is 0 Å². The van der Waals surface area contributed by atoms with Crippen LogP contribution in [0.5, 0.6) is 0 Å². The van der Waals surface area contributed by atoms with Crippen LogP contribution in [0.15, 0.2) is 48.1 Å². The van der Waals surface area contributed by atoms with Crippen molar-refractivity contribution in [1.82, 2.24) is 5.32 Å². The summed E-state index contributed by atoms with van der Waals surface area (Å²) in [4.78, 5) is 23.7. The van der Waals surface area contributed by atoms with Gasteiger partial charge in [-0.15, -0.1) is 0 Å². The molecule has 1 saturated carbocycles. The molecule has 3 unspecified atom stereocenters. The molecule has 0 spiro atoms. The van der Waals surface area contributed by atoms with Crippen LogP contribution in [-0.2, 0) is 9.59 Å². The Morgan fingerprint density at radius 2 is 2.00 bits per heavy atom. The molecule has 3 nitrogen and oxygen atoms in total. The Morgan fingerprint density at radius 1 is 1.20 bits per heavy atom. The van der Waals surface area contributed by atoms with Gasteiger partial charge in [-0.2, -0.15) is 0 Å². The van der Waals surface area contributed by atoms with Crippen molar-refractivity contribution >= 4 is 11.7 Å². The van der Waals surface area contributed by atoms with Crippen LogP contribution in [0.4, 0.5) is 0 Å². The molecule has 0 aromatic carbocycles. The Hall–Kier alpha value is -1.90. The fourth-order valence-corrected chi connectivity index (χ4v) is 3.17. The lowest BCUT2D eigenvalue weighted by atomic mass is 9.78. The van der Waals surface area contributed by atoms with Gasteiger partial charge in [0.15, 0.2) is 5.78 Å². The molecule has 3 aliphatic rings. The smallest absolute Gasteiger partial charge is 0.224 e. The summed E-state index contributed by atoms with van der Waals surface area (Å²) in [6.07, 6.45) is 17.3. The van der Waals surface area contributed by atoms with Gasteiger partial charge in [0.05, 0.1) is 6.04 Å².